The molecule has 1 aliphatic carbocycles. The quantitative estimate of drug-likeness (QED) is 0.695. The summed E-state index contributed by atoms with van der Waals surface area (Å²) in [6, 6.07) is 8.79. The van der Waals surface area contributed by atoms with Crippen LogP contribution in [0.2, 0.25) is 0 Å². The first kappa shape index (κ1) is 10.7. The van der Waals surface area contributed by atoms with Gasteiger partial charge in [0.15, 0.2) is 0 Å². The number of hydrogen-bond acceptors (Lipinski definition) is 1. The van der Waals surface area contributed by atoms with E-state index in [0.29, 0.717) is 5.92 Å². The normalized spacial score (nSPS) is 27.3. The fourth-order valence-corrected chi connectivity index (χ4v) is 2.48. The Morgan fingerprint density at radius 3 is 2.47 bits per heavy atom. The fourth-order valence-electron chi connectivity index (χ4n) is 2.48. The number of rotatable bonds is 1. The monoisotopic (exact) mass is 204 g/mol. The van der Waals surface area contributed by atoms with E-state index in [2.05, 4.69) is 31.2 Å². The highest BCUT2D eigenvalue weighted by Crippen LogP contribution is 2.31. The Kier molecular flexibility index (Phi) is 3.42. The van der Waals surface area contributed by atoms with Crippen molar-refractivity contribution in [3.8, 4) is 0 Å². The smallest absolute Gasteiger partial charge is 0.0546 e. The Labute approximate surface area is 92.1 Å². The topological polar surface area (TPSA) is 20.2 Å². The van der Waals surface area contributed by atoms with E-state index in [-0.39, 0.29) is 6.10 Å². The van der Waals surface area contributed by atoms with Crippen LogP contribution in [-0.4, -0.2) is 11.2 Å². The minimum absolute atomic E-state index is 0.0844. The molecule has 1 aliphatic rings. The van der Waals surface area contributed by atoms with Crippen LogP contribution >= 0.6 is 0 Å². The maximum Gasteiger partial charge on any atom is 0.0546 e. The highest BCUT2D eigenvalue weighted by Gasteiger charge is 2.19. The Balaban J connectivity index is 2.11. The zero-order chi connectivity index (χ0) is 10.7. The zero-order valence-corrected chi connectivity index (χ0v) is 9.45. The molecular formula is C14H20O. The fraction of sp³-hybridized carbons (Fsp3) is 0.571. The van der Waals surface area contributed by atoms with Gasteiger partial charge in [-0.05, 0) is 37.7 Å². The maximum absolute atomic E-state index is 9.78. The van der Waals surface area contributed by atoms with E-state index >= 15 is 0 Å². The lowest BCUT2D eigenvalue weighted by molar-refractivity contribution is 0.152. The third kappa shape index (κ3) is 2.82. The summed E-state index contributed by atoms with van der Waals surface area (Å²) in [5, 5.41) is 9.78. The molecule has 1 saturated carbocycles. The molecule has 0 unspecified atom stereocenters. The third-order valence-electron chi connectivity index (χ3n) is 3.45. The highest BCUT2D eigenvalue weighted by atomic mass is 16.3. The predicted molar refractivity (Wildman–Crippen MR) is 63.0 cm³/mol. The molecule has 15 heavy (non-hydrogen) atoms. The number of aliphatic hydroxyl groups is 1. The van der Waals surface area contributed by atoms with Crippen molar-refractivity contribution >= 4 is 0 Å². The predicted octanol–water partition coefficient (Wildman–Crippen LogP) is 3.40. The van der Waals surface area contributed by atoms with Crippen molar-refractivity contribution in [3.63, 3.8) is 0 Å². The Bertz CT molecular complexity index is 302. The summed E-state index contributed by atoms with van der Waals surface area (Å²) in [7, 11) is 0. The Morgan fingerprint density at radius 2 is 1.73 bits per heavy atom. The molecule has 2 rings (SSSR count). The molecule has 2 atom stereocenters. The van der Waals surface area contributed by atoms with E-state index in [4.69, 9.17) is 0 Å². The minimum atomic E-state index is -0.0844. The molecule has 0 saturated heterocycles. The number of aliphatic hydroxyl groups excluding tert-OH is 1. The van der Waals surface area contributed by atoms with Crippen LogP contribution in [-0.2, 0) is 0 Å². The van der Waals surface area contributed by atoms with Crippen LogP contribution in [0.4, 0.5) is 0 Å². The van der Waals surface area contributed by atoms with E-state index in [9.17, 15) is 5.11 Å². The Morgan fingerprint density at radius 1 is 1.07 bits per heavy atom. The second-order valence-corrected chi connectivity index (χ2v) is 4.78. The van der Waals surface area contributed by atoms with Gasteiger partial charge in [-0.2, -0.15) is 0 Å². The van der Waals surface area contributed by atoms with Crippen molar-refractivity contribution in [2.45, 2.75) is 51.0 Å². The highest BCUT2D eigenvalue weighted by molar-refractivity contribution is 5.24. The van der Waals surface area contributed by atoms with Crippen molar-refractivity contribution < 1.29 is 5.11 Å². The summed E-state index contributed by atoms with van der Waals surface area (Å²) in [4.78, 5) is 0. The molecule has 1 fully saturated rings. The third-order valence-corrected chi connectivity index (χ3v) is 3.45. The van der Waals surface area contributed by atoms with Crippen LogP contribution in [0.15, 0.2) is 24.3 Å². The first-order valence-electron chi connectivity index (χ1n) is 6.00. The van der Waals surface area contributed by atoms with Crippen molar-refractivity contribution in [2.75, 3.05) is 0 Å². The molecular weight excluding hydrogens is 184 g/mol. The second kappa shape index (κ2) is 4.80. The summed E-state index contributed by atoms with van der Waals surface area (Å²) in [6.45, 7) is 2.12. The van der Waals surface area contributed by atoms with Gasteiger partial charge in [0, 0.05) is 0 Å². The van der Waals surface area contributed by atoms with Gasteiger partial charge in [-0.15, -0.1) is 0 Å². The zero-order valence-electron chi connectivity index (χ0n) is 9.45. The largest absolute Gasteiger partial charge is 0.393 e. The molecule has 0 aromatic heterocycles. The molecule has 0 amide bonds. The molecule has 1 N–H and O–H groups in total. The first-order chi connectivity index (χ1) is 7.25. The van der Waals surface area contributed by atoms with Gasteiger partial charge in [0.05, 0.1) is 6.10 Å². The summed E-state index contributed by atoms with van der Waals surface area (Å²) in [5.74, 6) is 0.572. The van der Waals surface area contributed by atoms with E-state index in [1.165, 1.54) is 30.4 Å². The van der Waals surface area contributed by atoms with Crippen molar-refractivity contribution in [1.82, 2.24) is 0 Å². The summed E-state index contributed by atoms with van der Waals surface area (Å²) in [6.07, 6.45) is 5.53. The molecule has 0 bridgehead atoms. The van der Waals surface area contributed by atoms with Crippen LogP contribution in [0, 0.1) is 6.92 Å². The van der Waals surface area contributed by atoms with Gasteiger partial charge in [-0.25, -0.2) is 0 Å². The average Bonchev–Trinajstić information content (AvgIpc) is 2.44. The van der Waals surface area contributed by atoms with Crippen LogP contribution in [0.1, 0.15) is 49.1 Å². The van der Waals surface area contributed by atoms with Gasteiger partial charge >= 0.3 is 0 Å². The first-order valence-corrected chi connectivity index (χ1v) is 6.00. The van der Waals surface area contributed by atoms with Gasteiger partial charge in [0.1, 0.15) is 0 Å². The lowest BCUT2D eigenvalue weighted by Crippen LogP contribution is -2.09. The molecule has 1 aromatic carbocycles. The molecule has 1 aromatic rings. The van der Waals surface area contributed by atoms with Crippen LogP contribution in [0.3, 0.4) is 0 Å². The van der Waals surface area contributed by atoms with Crippen LogP contribution < -0.4 is 0 Å². The molecule has 0 aliphatic heterocycles. The van der Waals surface area contributed by atoms with E-state index < -0.39 is 0 Å². The summed E-state index contributed by atoms with van der Waals surface area (Å²) in [5.41, 5.74) is 2.72. The lowest BCUT2D eigenvalue weighted by Gasteiger charge is -2.16. The maximum atomic E-state index is 9.78. The molecule has 82 valence electrons. The van der Waals surface area contributed by atoms with Crippen LogP contribution in [0.5, 0.6) is 0 Å². The van der Waals surface area contributed by atoms with Crippen molar-refractivity contribution in [3.05, 3.63) is 35.4 Å². The molecule has 0 radical (unpaired) electrons. The van der Waals surface area contributed by atoms with Crippen molar-refractivity contribution in [2.24, 2.45) is 0 Å². The van der Waals surface area contributed by atoms with Gasteiger partial charge in [-0.3, -0.25) is 0 Å². The number of benzene rings is 1. The number of hydrogen-bond donors (Lipinski definition) is 1. The van der Waals surface area contributed by atoms with Crippen molar-refractivity contribution in [1.29, 1.82) is 0 Å². The van der Waals surface area contributed by atoms with Gasteiger partial charge in [-0.1, -0.05) is 42.7 Å². The number of aryl methyl sites for hydroxylation is 1. The van der Waals surface area contributed by atoms with E-state index in [1.807, 2.05) is 0 Å². The van der Waals surface area contributed by atoms with E-state index in [0.717, 1.165) is 12.8 Å². The second-order valence-electron chi connectivity index (χ2n) is 4.78. The lowest BCUT2D eigenvalue weighted by atomic mass is 9.91. The molecule has 1 heteroatoms. The summed E-state index contributed by atoms with van der Waals surface area (Å²) < 4.78 is 0. The standard InChI is InChI=1S/C14H20O/c1-11-6-8-12(9-7-11)13-4-2-3-5-14(15)10-13/h6-9,13-15H,2-5,10H2,1H3/t13-,14+/m1/s1. The Hall–Kier alpha value is -0.820. The minimum Gasteiger partial charge on any atom is -0.393 e. The SMILES string of the molecule is Cc1ccc([C@@H]2CCCC[C@H](O)C2)cc1. The molecule has 0 heterocycles. The van der Waals surface area contributed by atoms with Gasteiger partial charge in [0.25, 0.3) is 0 Å². The molecule has 0 spiro atoms. The van der Waals surface area contributed by atoms with Crippen LogP contribution in [0.25, 0.3) is 0 Å². The van der Waals surface area contributed by atoms with Gasteiger partial charge < -0.3 is 5.11 Å². The average molecular weight is 204 g/mol. The summed E-state index contributed by atoms with van der Waals surface area (Å²) >= 11 is 0. The van der Waals surface area contributed by atoms with E-state index in [1.54, 1.807) is 0 Å². The van der Waals surface area contributed by atoms with Gasteiger partial charge in [0.2, 0.25) is 0 Å². The molecule has 1 nitrogen and oxygen atoms in total.